The fraction of sp³-hybridized carbons (Fsp3) is 0.190. The van der Waals surface area contributed by atoms with Gasteiger partial charge in [0, 0.05) is 6.04 Å². The van der Waals surface area contributed by atoms with Gasteiger partial charge in [-0.15, -0.1) is 0 Å². The maximum atomic E-state index is 14.4. The van der Waals surface area contributed by atoms with Crippen LogP contribution in [0.5, 0.6) is 0 Å². The Morgan fingerprint density at radius 2 is 1.97 bits per heavy atom. The van der Waals surface area contributed by atoms with E-state index in [2.05, 4.69) is 10.3 Å². The van der Waals surface area contributed by atoms with Gasteiger partial charge in [0.05, 0.1) is 21.5 Å². The third-order valence-electron chi connectivity index (χ3n) is 3.95. The molecule has 0 aromatic heterocycles. The second kappa shape index (κ2) is 9.64. The van der Waals surface area contributed by atoms with E-state index in [-0.39, 0.29) is 34.3 Å². The number of carbonyl (C=O) groups is 2. The highest BCUT2D eigenvalue weighted by atomic mass is 35.5. The average molecular weight is 466 g/mol. The normalized spacial score (nSPS) is 15.1. The first-order valence-electron chi connectivity index (χ1n) is 9.03. The molecule has 3 rings (SSSR count). The zero-order chi connectivity index (χ0) is 21.8. The molecule has 0 atom stereocenters. The molecule has 0 saturated heterocycles. The fourth-order valence-electron chi connectivity index (χ4n) is 2.69. The van der Waals surface area contributed by atoms with Crippen molar-refractivity contribution in [3.8, 4) is 0 Å². The maximum absolute atomic E-state index is 14.4. The minimum atomic E-state index is -0.568. The van der Waals surface area contributed by atoms with Crippen molar-refractivity contribution in [1.82, 2.24) is 5.32 Å². The van der Waals surface area contributed by atoms with Crippen LogP contribution in [0.2, 0.25) is 10.0 Å². The van der Waals surface area contributed by atoms with Crippen LogP contribution in [-0.4, -0.2) is 28.8 Å². The van der Waals surface area contributed by atoms with Crippen LogP contribution in [-0.2, 0) is 9.59 Å². The summed E-state index contributed by atoms with van der Waals surface area (Å²) in [5.74, 6) is -1.24. The van der Waals surface area contributed by atoms with Crippen molar-refractivity contribution in [2.24, 2.45) is 4.99 Å². The van der Waals surface area contributed by atoms with Crippen molar-refractivity contribution in [1.29, 1.82) is 0 Å². The van der Waals surface area contributed by atoms with Gasteiger partial charge in [-0.05, 0) is 49.8 Å². The molecule has 2 aromatic carbocycles. The Hall–Kier alpha value is -2.35. The molecule has 156 valence electrons. The average Bonchev–Trinajstić information content (AvgIpc) is 2.98. The molecular weight excluding hydrogens is 448 g/mol. The summed E-state index contributed by atoms with van der Waals surface area (Å²) in [6, 6.07) is 10.8. The number of nitrogens with zero attached hydrogens (tertiary/aromatic N) is 2. The van der Waals surface area contributed by atoms with Crippen LogP contribution >= 0.6 is 35.0 Å². The fourth-order valence-corrected chi connectivity index (χ4v) is 3.82. The third-order valence-corrected chi connectivity index (χ3v) is 5.63. The number of halogens is 3. The first-order valence-corrected chi connectivity index (χ1v) is 10.8. The molecule has 1 aliphatic heterocycles. The van der Waals surface area contributed by atoms with Crippen molar-refractivity contribution < 1.29 is 14.0 Å². The second-order valence-corrected chi connectivity index (χ2v) is 8.46. The highest BCUT2D eigenvalue weighted by Crippen LogP contribution is 2.31. The van der Waals surface area contributed by atoms with E-state index in [1.165, 1.54) is 23.1 Å². The third kappa shape index (κ3) is 5.22. The van der Waals surface area contributed by atoms with E-state index in [1.807, 2.05) is 13.8 Å². The van der Waals surface area contributed by atoms with Gasteiger partial charge >= 0.3 is 0 Å². The number of nitrogens with one attached hydrogen (secondary N) is 1. The van der Waals surface area contributed by atoms with Gasteiger partial charge < -0.3 is 5.32 Å². The summed E-state index contributed by atoms with van der Waals surface area (Å²) in [7, 11) is 0. The molecule has 0 radical (unpaired) electrons. The minimum absolute atomic E-state index is 0.0157. The van der Waals surface area contributed by atoms with Crippen LogP contribution in [0.4, 0.5) is 10.1 Å². The number of para-hydroxylation sites is 1. The van der Waals surface area contributed by atoms with Gasteiger partial charge in [-0.2, -0.15) is 0 Å². The zero-order valence-electron chi connectivity index (χ0n) is 16.2. The smallest absolute Gasteiger partial charge is 0.283 e. The Kier molecular flexibility index (Phi) is 7.18. The molecule has 0 unspecified atom stereocenters. The number of amidine groups is 1. The van der Waals surface area contributed by atoms with Crippen molar-refractivity contribution in [2.45, 2.75) is 19.9 Å². The van der Waals surface area contributed by atoms with Crippen LogP contribution in [0.15, 0.2) is 53.2 Å². The highest BCUT2D eigenvalue weighted by Gasteiger charge is 2.33. The zero-order valence-corrected chi connectivity index (χ0v) is 18.5. The molecule has 1 aliphatic rings. The van der Waals surface area contributed by atoms with Gasteiger partial charge in [0.1, 0.15) is 11.5 Å². The monoisotopic (exact) mass is 465 g/mol. The molecule has 5 nitrogen and oxygen atoms in total. The quantitative estimate of drug-likeness (QED) is 0.622. The van der Waals surface area contributed by atoms with Crippen molar-refractivity contribution in [3.63, 3.8) is 0 Å². The number of hydrogen-bond acceptors (Lipinski definition) is 4. The Bertz CT molecular complexity index is 1060. The largest absolute Gasteiger partial charge is 0.353 e. The SMILES string of the molecule is CC(C)NC(=O)CSC1=N/C(=C\c2ccc(Cl)c(Cl)c2)C(=O)N1c1ccccc1F. The Morgan fingerprint density at radius 1 is 1.23 bits per heavy atom. The molecule has 0 saturated carbocycles. The van der Waals surface area contributed by atoms with Crippen LogP contribution in [0.3, 0.4) is 0 Å². The van der Waals surface area contributed by atoms with Crippen LogP contribution in [0, 0.1) is 5.82 Å². The lowest BCUT2D eigenvalue weighted by Crippen LogP contribution is -2.34. The van der Waals surface area contributed by atoms with E-state index in [9.17, 15) is 14.0 Å². The predicted molar refractivity (Wildman–Crippen MR) is 121 cm³/mol. The molecule has 0 aliphatic carbocycles. The van der Waals surface area contributed by atoms with E-state index in [1.54, 1.807) is 30.3 Å². The number of rotatable bonds is 5. The van der Waals surface area contributed by atoms with E-state index in [0.717, 1.165) is 11.8 Å². The molecular formula is C21H18Cl2FN3O2S. The van der Waals surface area contributed by atoms with Gasteiger partial charge in [-0.25, -0.2) is 9.38 Å². The van der Waals surface area contributed by atoms with Gasteiger partial charge in [-0.1, -0.05) is 53.2 Å². The summed E-state index contributed by atoms with van der Waals surface area (Å²) in [4.78, 5) is 30.6. The summed E-state index contributed by atoms with van der Waals surface area (Å²) in [5.41, 5.74) is 0.785. The first-order chi connectivity index (χ1) is 14.3. The van der Waals surface area contributed by atoms with E-state index >= 15 is 0 Å². The molecule has 2 aromatic rings. The summed E-state index contributed by atoms with van der Waals surface area (Å²) in [6.07, 6.45) is 1.54. The van der Waals surface area contributed by atoms with Crippen LogP contribution in [0.25, 0.3) is 6.08 Å². The van der Waals surface area contributed by atoms with Gasteiger partial charge in [0.15, 0.2) is 5.17 Å². The number of thioether (sulfide) groups is 1. The number of hydrogen-bond donors (Lipinski definition) is 1. The number of carbonyl (C=O) groups excluding carboxylic acids is 2. The van der Waals surface area contributed by atoms with E-state index in [0.29, 0.717) is 15.6 Å². The molecule has 1 heterocycles. The van der Waals surface area contributed by atoms with E-state index in [4.69, 9.17) is 23.2 Å². The lowest BCUT2D eigenvalue weighted by molar-refractivity contribution is -0.119. The molecule has 0 fully saturated rings. The Labute approximate surface area is 188 Å². The summed E-state index contributed by atoms with van der Waals surface area (Å²) in [6.45, 7) is 3.70. The molecule has 2 amide bonds. The topological polar surface area (TPSA) is 61.8 Å². The summed E-state index contributed by atoms with van der Waals surface area (Å²) in [5, 5.41) is 3.72. The molecule has 30 heavy (non-hydrogen) atoms. The number of aliphatic imine (C=N–C) groups is 1. The predicted octanol–water partition coefficient (Wildman–Crippen LogP) is 5.13. The second-order valence-electron chi connectivity index (χ2n) is 6.70. The standard InChI is InChI=1S/C21H18Cl2FN3O2S/c1-12(2)25-19(28)11-30-21-26-17(10-13-7-8-14(22)15(23)9-13)20(29)27(21)18-6-4-3-5-16(18)24/h3-10,12H,11H2,1-2H3,(H,25,28)/b17-10-. The minimum Gasteiger partial charge on any atom is -0.353 e. The summed E-state index contributed by atoms with van der Waals surface area (Å²) >= 11 is 13.0. The number of amides is 2. The molecule has 0 bridgehead atoms. The molecule has 1 N–H and O–H groups in total. The first kappa shape index (κ1) is 22.3. The van der Waals surface area contributed by atoms with Gasteiger partial charge in [-0.3, -0.25) is 14.5 Å². The van der Waals surface area contributed by atoms with Crippen LogP contribution in [0.1, 0.15) is 19.4 Å². The van der Waals surface area contributed by atoms with Crippen molar-refractivity contribution >= 4 is 63.7 Å². The summed E-state index contributed by atoms with van der Waals surface area (Å²) < 4.78 is 14.4. The van der Waals surface area contributed by atoms with Gasteiger partial charge in [0.25, 0.3) is 5.91 Å². The van der Waals surface area contributed by atoms with Crippen molar-refractivity contribution in [3.05, 3.63) is 69.6 Å². The van der Waals surface area contributed by atoms with E-state index < -0.39 is 11.7 Å². The lowest BCUT2D eigenvalue weighted by Gasteiger charge is -2.18. The van der Waals surface area contributed by atoms with Crippen molar-refractivity contribution in [2.75, 3.05) is 10.7 Å². The molecule has 9 heteroatoms. The Balaban J connectivity index is 1.94. The number of anilines is 1. The van der Waals surface area contributed by atoms with Gasteiger partial charge in [0.2, 0.25) is 5.91 Å². The maximum Gasteiger partial charge on any atom is 0.283 e. The molecule has 0 spiro atoms. The highest BCUT2D eigenvalue weighted by molar-refractivity contribution is 8.14. The number of benzene rings is 2. The lowest BCUT2D eigenvalue weighted by atomic mass is 10.2. The Morgan fingerprint density at radius 3 is 2.63 bits per heavy atom. The van der Waals surface area contributed by atoms with Crippen LogP contribution < -0.4 is 10.2 Å².